The highest BCUT2D eigenvalue weighted by atomic mass is 32.2. The summed E-state index contributed by atoms with van der Waals surface area (Å²) in [7, 11) is 0. The first-order valence-corrected chi connectivity index (χ1v) is 12.9. The number of anilines is 1. The molecule has 7 heteroatoms. The lowest BCUT2D eigenvalue weighted by Crippen LogP contribution is -2.25. The second kappa shape index (κ2) is 12.4. The average molecular weight is 476 g/mol. The fraction of sp³-hybridized carbons (Fsp3) is 0.231. The van der Waals surface area contributed by atoms with E-state index in [4.69, 9.17) is 5.73 Å². The summed E-state index contributed by atoms with van der Waals surface area (Å²) in [6.45, 7) is 0. The number of nitrogens with zero attached hydrogens (tertiary/aromatic N) is 2. The molecule has 4 N–H and O–H groups in total. The smallest absolute Gasteiger partial charge is 0.198 e. The van der Waals surface area contributed by atoms with Crippen molar-refractivity contribution in [2.45, 2.75) is 42.5 Å². The van der Waals surface area contributed by atoms with Gasteiger partial charge in [0.25, 0.3) is 0 Å². The minimum atomic E-state index is 0.386. The molecule has 0 saturated heterocycles. The maximum Gasteiger partial charge on any atom is 0.198 e. The first-order valence-electron chi connectivity index (χ1n) is 11.3. The van der Waals surface area contributed by atoms with Gasteiger partial charge in [-0.2, -0.15) is 0 Å². The number of hydrogen-bond acceptors (Lipinski definition) is 5. The molecule has 1 heterocycles. The van der Waals surface area contributed by atoms with Crippen molar-refractivity contribution in [1.82, 2.24) is 9.71 Å². The highest BCUT2D eigenvalue weighted by Crippen LogP contribution is 2.29. The SMILES string of the molecule is NC(=Nc1ccccc1)Nc1ccccc1.c1ccc2sc(SNC3CCCCC3)nc2c1. The van der Waals surface area contributed by atoms with E-state index in [2.05, 4.69) is 38.2 Å². The molecule has 170 valence electrons. The molecule has 5 rings (SSSR count). The quantitative estimate of drug-likeness (QED) is 0.165. The molecule has 4 aromatic rings. The minimum Gasteiger partial charge on any atom is -0.369 e. The fourth-order valence-electron chi connectivity index (χ4n) is 3.59. The lowest BCUT2D eigenvalue weighted by Gasteiger charge is -2.21. The van der Waals surface area contributed by atoms with E-state index in [9.17, 15) is 0 Å². The molecule has 0 unspecified atom stereocenters. The third-order valence-electron chi connectivity index (χ3n) is 5.24. The van der Waals surface area contributed by atoms with Crippen LogP contribution in [0.4, 0.5) is 11.4 Å². The molecule has 1 fully saturated rings. The van der Waals surface area contributed by atoms with E-state index in [1.165, 1.54) is 36.8 Å². The molecular weight excluding hydrogens is 446 g/mol. The van der Waals surface area contributed by atoms with Crippen molar-refractivity contribution in [2.24, 2.45) is 10.7 Å². The molecule has 0 radical (unpaired) electrons. The number of hydrogen-bond donors (Lipinski definition) is 3. The van der Waals surface area contributed by atoms with Crippen molar-refractivity contribution in [1.29, 1.82) is 0 Å². The van der Waals surface area contributed by atoms with Crippen molar-refractivity contribution in [2.75, 3.05) is 5.32 Å². The molecule has 3 aromatic carbocycles. The zero-order valence-corrected chi connectivity index (χ0v) is 20.1. The Balaban J connectivity index is 0.000000157. The number of benzene rings is 3. The van der Waals surface area contributed by atoms with Crippen LogP contribution in [0.5, 0.6) is 0 Å². The summed E-state index contributed by atoms with van der Waals surface area (Å²) in [5, 5.41) is 3.02. The maximum atomic E-state index is 5.78. The molecule has 33 heavy (non-hydrogen) atoms. The summed E-state index contributed by atoms with van der Waals surface area (Å²) in [5.41, 5.74) is 8.66. The van der Waals surface area contributed by atoms with Crippen LogP contribution in [-0.4, -0.2) is 17.0 Å². The summed E-state index contributed by atoms with van der Waals surface area (Å²) < 4.78 is 5.98. The second-order valence-electron chi connectivity index (χ2n) is 7.83. The highest BCUT2D eigenvalue weighted by Gasteiger charge is 2.14. The Labute approximate surface area is 203 Å². The number of guanidine groups is 1. The predicted octanol–water partition coefficient (Wildman–Crippen LogP) is 6.97. The normalized spacial score (nSPS) is 14.5. The Morgan fingerprint density at radius 1 is 0.879 bits per heavy atom. The molecule has 5 nitrogen and oxygen atoms in total. The van der Waals surface area contributed by atoms with Crippen LogP contribution in [0, 0.1) is 0 Å². The zero-order chi connectivity index (χ0) is 22.7. The van der Waals surface area contributed by atoms with Crippen LogP contribution in [0.3, 0.4) is 0 Å². The number of thiazole rings is 1. The minimum absolute atomic E-state index is 0.386. The number of nitrogens with two attached hydrogens (primary N) is 1. The molecule has 0 atom stereocenters. The zero-order valence-electron chi connectivity index (χ0n) is 18.5. The Morgan fingerprint density at radius 2 is 1.55 bits per heavy atom. The van der Waals surface area contributed by atoms with Gasteiger partial charge in [-0.15, -0.1) is 11.3 Å². The Morgan fingerprint density at radius 3 is 2.27 bits per heavy atom. The van der Waals surface area contributed by atoms with Gasteiger partial charge >= 0.3 is 0 Å². The van der Waals surface area contributed by atoms with Crippen LogP contribution in [0.25, 0.3) is 10.2 Å². The highest BCUT2D eigenvalue weighted by molar-refractivity contribution is 7.99. The molecule has 0 amide bonds. The summed E-state index contributed by atoms with van der Waals surface area (Å²) in [6, 6.07) is 28.3. The van der Waals surface area contributed by atoms with Gasteiger partial charge in [0.2, 0.25) is 0 Å². The average Bonchev–Trinajstić information content (AvgIpc) is 3.28. The monoisotopic (exact) mass is 475 g/mol. The van der Waals surface area contributed by atoms with Gasteiger partial charge in [-0.3, -0.25) is 4.72 Å². The topological polar surface area (TPSA) is 75.3 Å². The van der Waals surface area contributed by atoms with Gasteiger partial charge < -0.3 is 11.1 Å². The summed E-state index contributed by atoms with van der Waals surface area (Å²) in [4.78, 5) is 8.85. The first-order chi connectivity index (χ1) is 16.3. The first kappa shape index (κ1) is 23.3. The standard InChI is InChI=1S/C13H13N3.C13H16N2S2/c14-13(15-11-7-3-1-4-8-11)16-12-9-5-2-6-10-12;1-2-6-10(7-3-1)15-17-13-14-11-8-4-5-9-12(11)16-13/h1-10H,(H3,14,15,16);4-5,8-10,15H,1-3,6-7H2. The Hall–Kier alpha value is -2.87. The Bertz CT molecular complexity index is 1110. The van der Waals surface area contributed by atoms with E-state index >= 15 is 0 Å². The van der Waals surface area contributed by atoms with Crippen LogP contribution in [0.15, 0.2) is 94.3 Å². The van der Waals surface area contributed by atoms with Crippen molar-refractivity contribution >= 4 is 50.8 Å². The van der Waals surface area contributed by atoms with Gasteiger partial charge in [-0.1, -0.05) is 67.8 Å². The van der Waals surface area contributed by atoms with E-state index in [1.807, 2.05) is 66.7 Å². The van der Waals surface area contributed by atoms with Gasteiger partial charge in [0.05, 0.1) is 15.9 Å². The van der Waals surface area contributed by atoms with Gasteiger partial charge in [-0.25, -0.2) is 9.98 Å². The van der Waals surface area contributed by atoms with Crippen LogP contribution >= 0.6 is 23.3 Å². The number of fused-ring (bicyclic) bond motifs is 1. The molecule has 1 saturated carbocycles. The van der Waals surface area contributed by atoms with Crippen LogP contribution in [0.1, 0.15) is 32.1 Å². The molecule has 0 aliphatic heterocycles. The van der Waals surface area contributed by atoms with Crippen molar-refractivity contribution in [3.8, 4) is 0 Å². The van der Waals surface area contributed by atoms with Gasteiger partial charge in [0.1, 0.15) is 0 Å². The van der Waals surface area contributed by atoms with Crippen molar-refractivity contribution in [3.63, 3.8) is 0 Å². The third kappa shape index (κ3) is 7.60. The predicted molar refractivity (Wildman–Crippen MR) is 143 cm³/mol. The summed E-state index contributed by atoms with van der Waals surface area (Å²) in [5.74, 6) is 0.386. The van der Waals surface area contributed by atoms with Crippen LogP contribution < -0.4 is 15.8 Å². The van der Waals surface area contributed by atoms with Gasteiger partial charge in [0.15, 0.2) is 10.3 Å². The fourth-order valence-corrected chi connectivity index (χ4v) is 5.51. The molecular formula is C26H29N5S2. The number of para-hydroxylation sites is 3. The van der Waals surface area contributed by atoms with E-state index in [0.29, 0.717) is 12.0 Å². The van der Waals surface area contributed by atoms with Gasteiger partial charge in [0, 0.05) is 11.7 Å². The molecule has 0 bridgehead atoms. The molecule has 1 aromatic heterocycles. The van der Waals surface area contributed by atoms with Crippen molar-refractivity contribution < 1.29 is 0 Å². The number of nitrogens with one attached hydrogen (secondary N) is 2. The lowest BCUT2D eigenvalue weighted by atomic mass is 9.96. The summed E-state index contributed by atoms with van der Waals surface area (Å²) in [6.07, 6.45) is 6.79. The summed E-state index contributed by atoms with van der Waals surface area (Å²) >= 11 is 3.49. The largest absolute Gasteiger partial charge is 0.369 e. The molecule has 1 aliphatic rings. The molecule has 1 aliphatic carbocycles. The van der Waals surface area contributed by atoms with E-state index in [1.54, 1.807) is 23.3 Å². The van der Waals surface area contributed by atoms with Crippen LogP contribution in [-0.2, 0) is 0 Å². The van der Waals surface area contributed by atoms with E-state index in [0.717, 1.165) is 21.2 Å². The van der Waals surface area contributed by atoms with Crippen molar-refractivity contribution in [3.05, 3.63) is 84.9 Å². The lowest BCUT2D eigenvalue weighted by molar-refractivity contribution is 0.423. The molecule has 0 spiro atoms. The number of aromatic nitrogens is 1. The number of rotatable bonds is 5. The second-order valence-corrected chi connectivity index (χ2v) is 9.94. The number of aliphatic imine (C=N–C) groups is 1. The Kier molecular flexibility index (Phi) is 8.75. The van der Waals surface area contributed by atoms with Gasteiger partial charge in [-0.05, 0) is 61.2 Å². The van der Waals surface area contributed by atoms with Crippen LogP contribution in [0.2, 0.25) is 0 Å². The third-order valence-corrected chi connectivity index (χ3v) is 7.29. The maximum absolute atomic E-state index is 5.78. The van der Waals surface area contributed by atoms with E-state index in [-0.39, 0.29) is 0 Å². The van der Waals surface area contributed by atoms with E-state index < -0.39 is 0 Å².